The number of carbonyl (C=O) groups excluding carboxylic acids is 1. The first-order chi connectivity index (χ1) is 8.66. The molecule has 0 bridgehead atoms. The van der Waals surface area contributed by atoms with Gasteiger partial charge >= 0.3 is 0 Å². The summed E-state index contributed by atoms with van der Waals surface area (Å²) >= 11 is 6.83. The van der Waals surface area contributed by atoms with Gasteiger partial charge in [-0.3, -0.25) is 14.9 Å². The topological polar surface area (TPSA) is 70.7 Å². The maximum Gasteiger partial charge on any atom is 0.225 e. The molecule has 2 aromatic heterocycles. The minimum absolute atomic E-state index is 0.0603. The van der Waals surface area contributed by atoms with Gasteiger partial charge in [-0.1, -0.05) is 0 Å². The molecule has 0 aliphatic rings. The number of hydrogen-bond acceptors (Lipinski definition) is 3. The molecule has 7 heteroatoms. The fourth-order valence-corrected chi connectivity index (χ4v) is 2.78. The molecule has 1 amide bonds. The highest BCUT2D eigenvalue weighted by Gasteiger charge is 2.09. The largest absolute Gasteiger partial charge is 0.311 e. The molecule has 0 unspecified atom stereocenters. The van der Waals surface area contributed by atoms with Gasteiger partial charge < -0.3 is 5.32 Å². The number of rotatable bonds is 4. The third-order valence-corrected chi connectivity index (χ3v) is 3.70. The van der Waals surface area contributed by atoms with Gasteiger partial charge in [-0.15, -0.1) is 0 Å². The summed E-state index contributed by atoms with van der Waals surface area (Å²) in [7, 11) is 0. The molecule has 18 heavy (non-hydrogen) atoms. The zero-order valence-corrected chi connectivity index (χ0v) is 12.5. The summed E-state index contributed by atoms with van der Waals surface area (Å²) in [5.74, 6) is 0.544. The number of pyridine rings is 1. The second-order valence-electron chi connectivity index (χ2n) is 3.60. The number of H-pyrrole nitrogens is 1. The minimum atomic E-state index is -0.0603. The Balaban J connectivity index is 1.93. The van der Waals surface area contributed by atoms with E-state index in [9.17, 15) is 4.79 Å². The Kier molecular flexibility index (Phi) is 4.48. The van der Waals surface area contributed by atoms with Crippen molar-refractivity contribution in [2.45, 2.75) is 12.8 Å². The summed E-state index contributed by atoms with van der Waals surface area (Å²) in [6.45, 7) is 0. The normalized spacial score (nSPS) is 10.3. The first-order valence-electron chi connectivity index (χ1n) is 5.24. The number of nitrogens with one attached hydrogen (secondary N) is 2. The van der Waals surface area contributed by atoms with Crippen LogP contribution in [0.25, 0.3) is 0 Å². The quantitative estimate of drug-likeness (QED) is 0.865. The molecule has 0 aliphatic carbocycles. The van der Waals surface area contributed by atoms with Crippen LogP contribution < -0.4 is 5.32 Å². The number of aromatic nitrogens is 3. The van der Waals surface area contributed by atoms with Crippen LogP contribution in [0.15, 0.2) is 33.6 Å². The van der Waals surface area contributed by atoms with E-state index in [1.807, 2.05) is 0 Å². The van der Waals surface area contributed by atoms with Crippen LogP contribution in [0.3, 0.4) is 0 Å². The average molecular weight is 374 g/mol. The lowest BCUT2D eigenvalue weighted by molar-refractivity contribution is -0.116. The highest BCUT2D eigenvalue weighted by molar-refractivity contribution is 9.11. The molecule has 0 radical (unpaired) electrons. The Morgan fingerprint density at radius 2 is 2.06 bits per heavy atom. The van der Waals surface area contributed by atoms with E-state index >= 15 is 0 Å². The Labute approximate surface area is 121 Å². The first-order valence-corrected chi connectivity index (χ1v) is 6.82. The van der Waals surface area contributed by atoms with Gasteiger partial charge in [0.2, 0.25) is 5.91 Å². The lowest BCUT2D eigenvalue weighted by atomic mass is 10.1. The van der Waals surface area contributed by atoms with E-state index in [0.29, 0.717) is 18.7 Å². The number of nitrogens with zero attached hydrogens (tertiary/aromatic N) is 2. The van der Waals surface area contributed by atoms with Crippen molar-refractivity contribution in [3.8, 4) is 0 Å². The highest BCUT2D eigenvalue weighted by atomic mass is 79.9. The summed E-state index contributed by atoms with van der Waals surface area (Å²) < 4.78 is 1.79. The van der Waals surface area contributed by atoms with E-state index in [1.165, 1.54) is 0 Å². The SMILES string of the molecule is O=C(CCc1c(Br)cncc1Br)Nc1ccn[nH]1. The molecule has 2 N–H and O–H groups in total. The van der Waals surface area contributed by atoms with Crippen molar-refractivity contribution < 1.29 is 4.79 Å². The standard InChI is InChI=1S/C11H10Br2N4O/c12-8-5-14-6-9(13)7(8)1-2-11(18)16-10-3-4-15-17-10/h3-6H,1-2H2,(H2,15,16,17,18). The molecule has 94 valence electrons. The highest BCUT2D eigenvalue weighted by Crippen LogP contribution is 2.25. The van der Waals surface area contributed by atoms with E-state index in [0.717, 1.165) is 14.5 Å². The number of anilines is 1. The van der Waals surface area contributed by atoms with Crippen LogP contribution in [-0.2, 0) is 11.2 Å². The Morgan fingerprint density at radius 3 is 2.67 bits per heavy atom. The molecule has 2 rings (SSSR count). The third-order valence-electron chi connectivity index (χ3n) is 2.33. The summed E-state index contributed by atoms with van der Waals surface area (Å²) in [6, 6.07) is 1.70. The van der Waals surface area contributed by atoms with Crippen molar-refractivity contribution in [1.29, 1.82) is 0 Å². The zero-order valence-electron chi connectivity index (χ0n) is 9.28. The molecule has 2 heterocycles. The molecule has 0 atom stereocenters. The second-order valence-corrected chi connectivity index (χ2v) is 5.31. The van der Waals surface area contributed by atoms with E-state index in [4.69, 9.17) is 0 Å². The Bertz CT molecular complexity index is 522. The van der Waals surface area contributed by atoms with Gasteiger partial charge in [0.15, 0.2) is 0 Å². The van der Waals surface area contributed by atoms with Gasteiger partial charge in [0, 0.05) is 33.8 Å². The minimum Gasteiger partial charge on any atom is -0.311 e. The number of halogens is 2. The molecule has 5 nitrogen and oxygen atoms in total. The number of hydrogen-bond donors (Lipinski definition) is 2. The molecule has 0 aromatic carbocycles. The lowest BCUT2D eigenvalue weighted by Crippen LogP contribution is -2.12. The maximum atomic E-state index is 11.7. The van der Waals surface area contributed by atoms with Gasteiger partial charge in [-0.2, -0.15) is 5.10 Å². The fraction of sp³-hybridized carbons (Fsp3) is 0.182. The molecule has 0 spiro atoms. The number of amides is 1. The van der Waals surface area contributed by atoms with Crippen LogP contribution in [0.5, 0.6) is 0 Å². The summed E-state index contributed by atoms with van der Waals surface area (Å²) in [6.07, 6.45) is 6.04. The molecule has 0 aliphatic heterocycles. The maximum absolute atomic E-state index is 11.7. The van der Waals surface area contributed by atoms with Gasteiger partial charge in [-0.05, 0) is 43.8 Å². The molecule has 2 aromatic rings. The van der Waals surface area contributed by atoms with Gasteiger partial charge in [0.1, 0.15) is 5.82 Å². The van der Waals surface area contributed by atoms with Crippen LogP contribution in [0.4, 0.5) is 5.82 Å². The van der Waals surface area contributed by atoms with Crippen molar-refractivity contribution in [2.24, 2.45) is 0 Å². The van der Waals surface area contributed by atoms with Gasteiger partial charge in [0.05, 0.1) is 6.20 Å². The summed E-state index contributed by atoms with van der Waals surface area (Å²) in [5.41, 5.74) is 1.03. The molecule has 0 saturated carbocycles. The molecule has 0 saturated heterocycles. The van der Waals surface area contributed by atoms with E-state index in [-0.39, 0.29) is 5.91 Å². The Morgan fingerprint density at radius 1 is 1.33 bits per heavy atom. The van der Waals surface area contributed by atoms with E-state index < -0.39 is 0 Å². The molecular formula is C11H10Br2N4O. The third kappa shape index (κ3) is 3.39. The monoisotopic (exact) mass is 372 g/mol. The van der Waals surface area contributed by atoms with Gasteiger partial charge in [-0.25, -0.2) is 0 Å². The first kappa shape index (κ1) is 13.2. The van der Waals surface area contributed by atoms with Crippen LogP contribution in [0.1, 0.15) is 12.0 Å². The van der Waals surface area contributed by atoms with Crippen molar-refractivity contribution in [1.82, 2.24) is 15.2 Å². The lowest BCUT2D eigenvalue weighted by Gasteiger charge is -2.06. The van der Waals surface area contributed by atoms with E-state index in [2.05, 4.69) is 52.4 Å². The van der Waals surface area contributed by atoms with Crippen LogP contribution in [0.2, 0.25) is 0 Å². The fourth-order valence-electron chi connectivity index (χ4n) is 1.45. The number of aromatic amines is 1. The van der Waals surface area contributed by atoms with Gasteiger partial charge in [0.25, 0.3) is 0 Å². The summed E-state index contributed by atoms with van der Waals surface area (Å²) in [4.78, 5) is 15.7. The van der Waals surface area contributed by atoms with Crippen molar-refractivity contribution >= 4 is 43.6 Å². The van der Waals surface area contributed by atoms with Crippen LogP contribution >= 0.6 is 31.9 Å². The zero-order chi connectivity index (χ0) is 13.0. The predicted molar refractivity (Wildman–Crippen MR) is 75.2 cm³/mol. The van der Waals surface area contributed by atoms with Crippen LogP contribution in [-0.4, -0.2) is 21.1 Å². The smallest absolute Gasteiger partial charge is 0.225 e. The van der Waals surface area contributed by atoms with E-state index in [1.54, 1.807) is 24.7 Å². The molecular weight excluding hydrogens is 364 g/mol. The average Bonchev–Trinajstić information content (AvgIpc) is 2.81. The van der Waals surface area contributed by atoms with Crippen molar-refractivity contribution in [3.05, 3.63) is 39.2 Å². The van der Waals surface area contributed by atoms with Crippen molar-refractivity contribution in [3.63, 3.8) is 0 Å². The molecule has 0 fully saturated rings. The van der Waals surface area contributed by atoms with Crippen LogP contribution in [0, 0.1) is 0 Å². The second kappa shape index (κ2) is 6.10. The predicted octanol–water partition coefficient (Wildman–Crippen LogP) is 2.90. The van der Waals surface area contributed by atoms with Crippen molar-refractivity contribution in [2.75, 3.05) is 5.32 Å². The Hall–Kier alpha value is -1.21. The number of carbonyl (C=O) groups is 1. The summed E-state index contributed by atoms with van der Waals surface area (Å²) in [5, 5.41) is 9.17.